The van der Waals surface area contributed by atoms with Gasteiger partial charge in [0, 0.05) is 0 Å². The lowest BCUT2D eigenvalue weighted by Gasteiger charge is -2.08. The molecule has 0 saturated heterocycles. The van der Waals surface area contributed by atoms with Gasteiger partial charge >= 0.3 is 0 Å². The molecule has 0 aromatic rings. The molecule has 13 heavy (non-hydrogen) atoms. The Balaban J connectivity index is 3.03. The van der Waals surface area contributed by atoms with Gasteiger partial charge in [-0.2, -0.15) is 0 Å². The van der Waals surface area contributed by atoms with Crippen molar-refractivity contribution in [1.29, 1.82) is 0 Å². The van der Waals surface area contributed by atoms with Crippen molar-refractivity contribution in [3.63, 3.8) is 0 Å². The van der Waals surface area contributed by atoms with E-state index < -0.39 is 0 Å². The largest absolute Gasteiger partial charge is 0.393 e. The van der Waals surface area contributed by atoms with Gasteiger partial charge in [-0.15, -0.1) is 0 Å². The fraction of sp³-hybridized carbons (Fsp3) is 1.00. The SMILES string of the molecule is CCCCC(O)CCCCCCN. The summed E-state index contributed by atoms with van der Waals surface area (Å²) >= 11 is 0. The smallest absolute Gasteiger partial charge is 0.0540 e. The second-order valence-electron chi connectivity index (χ2n) is 3.79. The first-order chi connectivity index (χ1) is 6.31. The van der Waals surface area contributed by atoms with Gasteiger partial charge in [-0.25, -0.2) is 0 Å². The van der Waals surface area contributed by atoms with Crippen LogP contribution in [0.1, 0.15) is 58.3 Å². The molecule has 0 heterocycles. The minimum Gasteiger partial charge on any atom is -0.393 e. The highest BCUT2D eigenvalue weighted by Crippen LogP contribution is 2.09. The van der Waals surface area contributed by atoms with Crippen LogP contribution in [-0.2, 0) is 0 Å². The number of hydrogen-bond donors (Lipinski definition) is 2. The maximum Gasteiger partial charge on any atom is 0.0540 e. The van der Waals surface area contributed by atoms with Crippen molar-refractivity contribution in [2.75, 3.05) is 6.54 Å². The Hall–Kier alpha value is -0.0800. The second-order valence-corrected chi connectivity index (χ2v) is 3.79. The van der Waals surface area contributed by atoms with E-state index in [1.165, 1.54) is 19.3 Å². The van der Waals surface area contributed by atoms with Gasteiger partial charge in [-0.3, -0.25) is 0 Å². The molecule has 0 fully saturated rings. The van der Waals surface area contributed by atoms with Crippen LogP contribution < -0.4 is 5.73 Å². The lowest BCUT2D eigenvalue weighted by atomic mass is 10.0. The summed E-state index contributed by atoms with van der Waals surface area (Å²) in [4.78, 5) is 0. The molecular weight excluding hydrogens is 162 g/mol. The van der Waals surface area contributed by atoms with E-state index in [1.807, 2.05) is 0 Å². The highest BCUT2D eigenvalue weighted by atomic mass is 16.3. The average Bonchev–Trinajstić information content (AvgIpc) is 2.14. The maximum atomic E-state index is 9.51. The van der Waals surface area contributed by atoms with Crippen LogP contribution in [0.4, 0.5) is 0 Å². The lowest BCUT2D eigenvalue weighted by Crippen LogP contribution is -2.05. The number of nitrogens with two attached hydrogens (primary N) is 1. The van der Waals surface area contributed by atoms with Crippen LogP contribution in [0, 0.1) is 0 Å². The van der Waals surface area contributed by atoms with Gasteiger partial charge in [0.15, 0.2) is 0 Å². The van der Waals surface area contributed by atoms with Crippen molar-refractivity contribution < 1.29 is 5.11 Å². The summed E-state index contributed by atoms with van der Waals surface area (Å²) in [6, 6.07) is 0. The normalized spacial score (nSPS) is 13.2. The van der Waals surface area contributed by atoms with E-state index in [-0.39, 0.29) is 6.10 Å². The Kier molecular flexibility index (Phi) is 9.94. The van der Waals surface area contributed by atoms with Crippen molar-refractivity contribution in [2.45, 2.75) is 64.4 Å². The van der Waals surface area contributed by atoms with Gasteiger partial charge in [0.25, 0.3) is 0 Å². The van der Waals surface area contributed by atoms with Gasteiger partial charge in [-0.1, -0.05) is 39.0 Å². The Labute approximate surface area is 82.5 Å². The molecule has 2 heteroatoms. The first kappa shape index (κ1) is 12.9. The monoisotopic (exact) mass is 187 g/mol. The zero-order valence-electron chi connectivity index (χ0n) is 8.97. The molecule has 0 aromatic heterocycles. The molecule has 0 rings (SSSR count). The summed E-state index contributed by atoms with van der Waals surface area (Å²) in [5.41, 5.74) is 5.39. The van der Waals surface area contributed by atoms with Gasteiger partial charge < -0.3 is 10.8 Å². The van der Waals surface area contributed by atoms with E-state index >= 15 is 0 Å². The molecule has 1 unspecified atom stereocenters. The first-order valence-corrected chi connectivity index (χ1v) is 5.69. The van der Waals surface area contributed by atoms with Gasteiger partial charge in [0.2, 0.25) is 0 Å². The van der Waals surface area contributed by atoms with Crippen LogP contribution in [0.3, 0.4) is 0 Å². The molecule has 0 aliphatic carbocycles. The predicted molar refractivity (Wildman–Crippen MR) is 57.7 cm³/mol. The van der Waals surface area contributed by atoms with E-state index in [9.17, 15) is 5.11 Å². The van der Waals surface area contributed by atoms with Gasteiger partial charge in [-0.05, 0) is 25.8 Å². The predicted octanol–water partition coefficient (Wildman–Crippen LogP) is 2.45. The van der Waals surface area contributed by atoms with E-state index in [1.54, 1.807) is 0 Å². The lowest BCUT2D eigenvalue weighted by molar-refractivity contribution is 0.148. The molecule has 0 aromatic carbocycles. The Morgan fingerprint density at radius 2 is 1.62 bits per heavy atom. The summed E-state index contributed by atoms with van der Waals surface area (Å²) in [5.74, 6) is 0. The molecule has 0 radical (unpaired) electrons. The van der Waals surface area contributed by atoms with E-state index in [0.29, 0.717) is 0 Å². The number of unbranched alkanes of at least 4 members (excludes halogenated alkanes) is 4. The van der Waals surface area contributed by atoms with Crippen LogP contribution in [0.15, 0.2) is 0 Å². The fourth-order valence-corrected chi connectivity index (χ4v) is 1.46. The standard InChI is InChI=1S/C11H25NO/c1-2-3-8-11(13)9-6-4-5-7-10-12/h11,13H,2-10,12H2,1H3. The molecule has 0 bridgehead atoms. The second kappa shape index (κ2) is 10.0. The molecule has 0 aliphatic rings. The first-order valence-electron chi connectivity index (χ1n) is 5.69. The topological polar surface area (TPSA) is 46.2 Å². The van der Waals surface area contributed by atoms with Crippen LogP contribution >= 0.6 is 0 Å². The quantitative estimate of drug-likeness (QED) is 0.545. The highest BCUT2D eigenvalue weighted by molar-refractivity contribution is 4.56. The summed E-state index contributed by atoms with van der Waals surface area (Å²) in [6.07, 6.45) is 8.97. The average molecular weight is 187 g/mol. The van der Waals surface area contributed by atoms with Crippen molar-refractivity contribution >= 4 is 0 Å². The van der Waals surface area contributed by atoms with Crippen LogP contribution in [-0.4, -0.2) is 17.8 Å². The summed E-state index contributed by atoms with van der Waals surface area (Å²) in [5, 5.41) is 9.51. The molecular formula is C11H25NO. The molecule has 80 valence electrons. The molecule has 0 amide bonds. The van der Waals surface area contributed by atoms with E-state index in [4.69, 9.17) is 5.73 Å². The maximum absolute atomic E-state index is 9.51. The molecule has 0 spiro atoms. The van der Waals surface area contributed by atoms with E-state index in [2.05, 4.69) is 6.92 Å². The van der Waals surface area contributed by atoms with Gasteiger partial charge in [0.05, 0.1) is 6.10 Å². The Morgan fingerprint density at radius 1 is 1.00 bits per heavy atom. The summed E-state index contributed by atoms with van der Waals surface area (Å²) < 4.78 is 0. The Morgan fingerprint density at radius 3 is 2.23 bits per heavy atom. The minimum atomic E-state index is -0.0576. The number of hydrogen-bond acceptors (Lipinski definition) is 2. The zero-order valence-corrected chi connectivity index (χ0v) is 8.97. The number of rotatable bonds is 9. The van der Waals surface area contributed by atoms with Crippen molar-refractivity contribution in [1.82, 2.24) is 0 Å². The van der Waals surface area contributed by atoms with E-state index in [0.717, 1.165) is 38.6 Å². The third-order valence-electron chi connectivity index (χ3n) is 2.38. The van der Waals surface area contributed by atoms with Crippen LogP contribution in [0.2, 0.25) is 0 Å². The molecule has 0 aliphatic heterocycles. The molecule has 3 N–H and O–H groups in total. The Bertz CT molecular complexity index is 96.1. The summed E-state index contributed by atoms with van der Waals surface area (Å²) in [6.45, 7) is 2.96. The number of aliphatic hydroxyl groups excluding tert-OH is 1. The molecule has 2 nitrogen and oxygen atoms in total. The van der Waals surface area contributed by atoms with Crippen molar-refractivity contribution in [2.24, 2.45) is 5.73 Å². The van der Waals surface area contributed by atoms with Gasteiger partial charge in [0.1, 0.15) is 0 Å². The fourth-order valence-electron chi connectivity index (χ4n) is 1.46. The third kappa shape index (κ3) is 9.84. The third-order valence-corrected chi connectivity index (χ3v) is 2.38. The van der Waals surface area contributed by atoms with Crippen LogP contribution in [0.5, 0.6) is 0 Å². The molecule has 1 atom stereocenters. The van der Waals surface area contributed by atoms with Crippen molar-refractivity contribution in [3.8, 4) is 0 Å². The van der Waals surface area contributed by atoms with Crippen molar-refractivity contribution in [3.05, 3.63) is 0 Å². The zero-order chi connectivity index (χ0) is 9.94. The van der Waals surface area contributed by atoms with Crippen LogP contribution in [0.25, 0.3) is 0 Å². The number of aliphatic hydroxyl groups is 1. The minimum absolute atomic E-state index is 0.0576. The molecule has 0 saturated carbocycles. The summed E-state index contributed by atoms with van der Waals surface area (Å²) in [7, 11) is 0. The highest BCUT2D eigenvalue weighted by Gasteiger charge is 2.01.